The first-order chi connectivity index (χ1) is 6.13. The molecule has 1 aromatic rings. The fourth-order valence-corrected chi connectivity index (χ4v) is 0.756. The van der Waals surface area contributed by atoms with E-state index in [-0.39, 0.29) is 18.0 Å². The highest BCUT2D eigenvalue weighted by Gasteiger charge is 2.12. The molecule has 2 N–H and O–H groups in total. The van der Waals surface area contributed by atoms with E-state index in [4.69, 9.17) is 4.42 Å². The number of hydrogen-bond donors (Lipinski definition) is 2. The van der Waals surface area contributed by atoms with Gasteiger partial charge in [0.25, 0.3) is 0 Å². The predicted octanol–water partition coefficient (Wildman–Crippen LogP) is 0.529. The second kappa shape index (κ2) is 4.04. The molecule has 1 amide bonds. The van der Waals surface area contributed by atoms with Crippen molar-refractivity contribution in [3.05, 3.63) is 12.0 Å². The lowest BCUT2D eigenvalue weighted by Gasteiger charge is -2.07. The van der Waals surface area contributed by atoms with E-state index in [2.05, 4.69) is 15.6 Å². The molecule has 0 aliphatic carbocycles. The molecule has 1 aromatic heterocycles. The van der Waals surface area contributed by atoms with E-state index in [9.17, 15) is 4.79 Å². The molecule has 0 aliphatic heterocycles. The van der Waals surface area contributed by atoms with Crippen LogP contribution in [0.5, 0.6) is 0 Å². The minimum absolute atomic E-state index is 0.163. The monoisotopic (exact) mass is 183 g/mol. The second-order valence-corrected chi connectivity index (χ2v) is 2.79. The number of likely N-dealkylation sites (N-methyl/N-ethyl adjacent to an activating group) is 1. The molecule has 1 heterocycles. The molecule has 1 atom stereocenters. The number of anilines is 1. The van der Waals surface area contributed by atoms with Gasteiger partial charge in [0.05, 0.1) is 11.7 Å². The lowest BCUT2D eigenvalue weighted by molar-refractivity contribution is -0.117. The summed E-state index contributed by atoms with van der Waals surface area (Å²) in [7, 11) is 1.71. The number of nitrogens with one attached hydrogen (secondary N) is 2. The van der Waals surface area contributed by atoms with Crippen LogP contribution in [0.15, 0.2) is 10.7 Å². The number of nitrogens with zero attached hydrogens (tertiary/aromatic N) is 1. The van der Waals surface area contributed by atoms with Crippen molar-refractivity contribution in [2.45, 2.75) is 19.9 Å². The van der Waals surface area contributed by atoms with Crippen LogP contribution in [0.1, 0.15) is 12.6 Å². The average molecular weight is 183 g/mol. The van der Waals surface area contributed by atoms with E-state index in [1.165, 1.54) is 6.26 Å². The SMILES string of the molecule is CN[C@@H](C)C(=O)Nc1nc(C)co1. The molecule has 0 fully saturated rings. The zero-order valence-corrected chi connectivity index (χ0v) is 7.92. The Morgan fingerprint density at radius 2 is 2.38 bits per heavy atom. The Morgan fingerprint density at radius 1 is 1.69 bits per heavy atom. The van der Waals surface area contributed by atoms with E-state index >= 15 is 0 Å². The van der Waals surface area contributed by atoms with Crippen molar-refractivity contribution in [3.63, 3.8) is 0 Å². The Kier molecular flexibility index (Phi) is 3.02. The maximum absolute atomic E-state index is 11.3. The highest BCUT2D eigenvalue weighted by Crippen LogP contribution is 2.05. The van der Waals surface area contributed by atoms with E-state index in [1.54, 1.807) is 20.9 Å². The van der Waals surface area contributed by atoms with Gasteiger partial charge in [0.2, 0.25) is 5.91 Å². The van der Waals surface area contributed by atoms with Crippen molar-refractivity contribution < 1.29 is 9.21 Å². The smallest absolute Gasteiger partial charge is 0.301 e. The molecule has 0 aliphatic rings. The molecule has 1 rings (SSSR count). The highest BCUT2D eigenvalue weighted by molar-refractivity contribution is 5.92. The summed E-state index contributed by atoms with van der Waals surface area (Å²) >= 11 is 0. The van der Waals surface area contributed by atoms with Crippen LogP contribution in [-0.2, 0) is 4.79 Å². The normalized spacial score (nSPS) is 12.5. The maximum Gasteiger partial charge on any atom is 0.301 e. The molecule has 13 heavy (non-hydrogen) atoms. The van der Waals surface area contributed by atoms with Gasteiger partial charge in [0.1, 0.15) is 6.26 Å². The zero-order valence-electron chi connectivity index (χ0n) is 7.92. The Labute approximate surface area is 76.5 Å². The number of carbonyl (C=O) groups excluding carboxylic acids is 1. The minimum Gasteiger partial charge on any atom is -0.432 e. The van der Waals surface area contributed by atoms with Crippen LogP contribution in [0.25, 0.3) is 0 Å². The standard InChI is InChI=1S/C8H13N3O2/c1-5-4-13-8(10-5)11-7(12)6(2)9-3/h4,6,9H,1-3H3,(H,10,11,12)/t6-/m0/s1. The summed E-state index contributed by atoms with van der Waals surface area (Å²) < 4.78 is 4.96. The van der Waals surface area contributed by atoms with E-state index < -0.39 is 0 Å². The predicted molar refractivity (Wildman–Crippen MR) is 48.4 cm³/mol. The summed E-state index contributed by atoms with van der Waals surface area (Å²) in [6, 6.07) is -0.0168. The van der Waals surface area contributed by atoms with Crippen molar-refractivity contribution in [2.24, 2.45) is 0 Å². The molecule has 0 radical (unpaired) electrons. The first-order valence-electron chi connectivity index (χ1n) is 4.03. The number of oxazole rings is 1. The molecule has 0 spiro atoms. The third-order valence-electron chi connectivity index (χ3n) is 1.68. The van der Waals surface area contributed by atoms with Crippen LogP contribution >= 0.6 is 0 Å². The minimum atomic E-state index is -0.257. The number of hydrogen-bond acceptors (Lipinski definition) is 4. The van der Waals surface area contributed by atoms with E-state index in [0.717, 1.165) is 5.69 Å². The van der Waals surface area contributed by atoms with Crippen LogP contribution in [0.3, 0.4) is 0 Å². The molecule has 0 unspecified atom stereocenters. The van der Waals surface area contributed by atoms with E-state index in [1.807, 2.05) is 0 Å². The van der Waals surface area contributed by atoms with Gasteiger partial charge in [-0.25, -0.2) is 0 Å². The molecule has 5 nitrogen and oxygen atoms in total. The van der Waals surface area contributed by atoms with Crippen molar-refractivity contribution in [3.8, 4) is 0 Å². The fourth-order valence-electron chi connectivity index (χ4n) is 0.756. The van der Waals surface area contributed by atoms with Gasteiger partial charge in [-0.2, -0.15) is 4.98 Å². The summed E-state index contributed by atoms with van der Waals surface area (Å²) in [5.74, 6) is -0.163. The summed E-state index contributed by atoms with van der Waals surface area (Å²) in [6.45, 7) is 3.55. The number of carbonyl (C=O) groups is 1. The van der Waals surface area contributed by atoms with Gasteiger partial charge in [0, 0.05) is 0 Å². The maximum atomic E-state index is 11.3. The van der Waals surface area contributed by atoms with Crippen molar-refractivity contribution >= 4 is 11.9 Å². The molecule has 72 valence electrons. The molecule has 0 saturated heterocycles. The molecular weight excluding hydrogens is 170 g/mol. The van der Waals surface area contributed by atoms with Crippen LogP contribution in [0.4, 0.5) is 6.01 Å². The third-order valence-corrected chi connectivity index (χ3v) is 1.68. The van der Waals surface area contributed by atoms with Gasteiger partial charge < -0.3 is 9.73 Å². The largest absolute Gasteiger partial charge is 0.432 e. The Bertz CT molecular complexity index is 295. The van der Waals surface area contributed by atoms with Crippen LogP contribution < -0.4 is 10.6 Å². The van der Waals surface area contributed by atoms with Crippen LogP contribution in [0, 0.1) is 6.92 Å². The summed E-state index contributed by atoms with van der Waals surface area (Å²) in [4.78, 5) is 15.2. The first-order valence-corrected chi connectivity index (χ1v) is 4.03. The Morgan fingerprint density at radius 3 is 2.85 bits per heavy atom. The summed E-state index contributed by atoms with van der Waals surface area (Å²) in [5, 5.41) is 5.34. The third kappa shape index (κ3) is 2.55. The number of aryl methyl sites for hydroxylation is 1. The number of rotatable bonds is 3. The average Bonchev–Trinajstić information content (AvgIpc) is 2.49. The second-order valence-electron chi connectivity index (χ2n) is 2.79. The van der Waals surface area contributed by atoms with Gasteiger partial charge in [0.15, 0.2) is 0 Å². The van der Waals surface area contributed by atoms with Crippen molar-refractivity contribution in [2.75, 3.05) is 12.4 Å². The van der Waals surface area contributed by atoms with Gasteiger partial charge in [-0.3, -0.25) is 10.1 Å². The van der Waals surface area contributed by atoms with Crippen LogP contribution in [-0.4, -0.2) is 24.0 Å². The molecule has 5 heteroatoms. The lowest BCUT2D eigenvalue weighted by atomic mass is 10.3. The quantitative estimate of drug-likeness (QED) is 0.717. The van der Waals surface area contributed by atoms with Crippen molar-refractivity contribution in [1.82, 2.24) is 10.3 Å². The Balaban J connectivity index is 2.54. The van der Waals surface area contributed by atoms with Crippen LogP contribution in [0.2, 0.25) is 0 Å². The van der Waals surface area contributed by atoms with Gasteiger partial charge in [-0.15, -0.1) is 0 Å². The van der Waals surface area contributed by atoms with Gasteiger partial charge >= 0.3 is 6.01 Å². The van der Waals surface area contributed by atoms with Gasteiger partial charge in [-0.05, 0) is 20.9 Å². The molecule has 0 bridgehead atoms. The first kappa shape index (κ1) is 9.73. The molecule has 0 saturated carbocycles. The van der Waals surface area contributed by atoms with Crippen molar-refractivity contribution in [1.29, 1.82) is 0 Å². The Hall–Kier alpha value is -1.36. The fraction of sp³-hybridized carbons (Fsp3) is 0.500. The zero-order chi connectivity index (χ0) is 9.84. The highest BCUT2D eigenvalue weighted by atomic mass is 16.4. The molecule has 0 aromatic carbocycles. The summed E-state index contributed by atoms with van der Waals surface area (Å²) in [6.07, 6.45) is 1.49. The number of amides is 1. The topological polar surface area (TPSA) is 67.2 Å². The number of aromatic nitrogens is 1. The lowest BCUT2D eigenvalue weighted by Crippen LogP contribution is -2.35. The van der Waals surface area contributed by atoms with Gasteiger partial charge in [-0.1, -0.05) is 0 Å². The van der Waals surface area contributed by atoms with E-state index in [0.29, 0.717) is 0 Å². The molecular formula is C8H13N3O2. The summed E-state index contributed by atoms with van der Waals surface area (Å²) in [5.41, 5.74) is 0.743.